The molecule has 1 atom stereocenters. The Labute approximate surface area is 103 Å². The van der Waals surface area contributed by atoms with Crippen molar-refractivity contribution in [1.82, 2.24) is 0 Å². The minimum atomic E-state index is -3.18. The number of cyclic esters (lactones) is 1. The summed E-state index contributed by atoms with van der Waals surface area (Å²) in [6.07, 6.45) is -0.276. The second kappa shape index (κ2) is 5.27. The molecule has 1 aliphatic rings. The van der Waals surface area contributed by atoms with E-state index < -0.39 is 18.0 Å². The van der Waals surface area contributed by atoms with E-state index >= 15 is 0 Å². The summed E-state index contributed by atoms with van der Waals surface area (Å²) < 4.78 is 36.3. The maximum Gasteiger partial charge on any atom is 0.331 e. The van der Waals surface area contributed by atoms with Crippen LogP contribution in [0, 0.1) is 0 Å². The minimum Gasteiger partial charge on any atom is -0.450 e. The first-order valence-electron chi connectivity index (χ1n) is 5.47. The van der Waals surface area contributed by atoms with Gasteiger partial charge >= 0.3 is 11.9 Å². The number of hydrogen-bond donors (Lipinski definition) is 0. The predicted molar refractivity (Wildman–Crippen MR) is 60.1 cm³/mol. The van der Waals surface area contributed by atoms with E-state index in [0.29, 0.717) is 6.08 Å². The number of carbonyl (C=O) groups excluding carboxylic acids is 1. The van der Waals surface area contributed by atoms with Crippen LogP contribution in [0.3, 0.4) is 0 Å². The van der Waals surface area contributed by atoms with Crippen LogP contribution in [-0.4, -0.2) is 24.6 Å². The largest absolute Gasteiger partial charge is 0.450 e. The molecule has 0 fully saturated rings. The number of alkyl halides is 2. The molecule has 0 aromatic heterocycles. The van der Waals surface area contributed by atoms with Gasteiger partial charge in [-0.1, -0.05) is 30.3 Å². The van der Waals surface area contributed by atoms with E-state index in [4.69, 9.17) is 4.74 Å². The van der Waals surface area contributed by atoms with E-state index in [1.165, 1.54) is 0 Å². The summed E-state index contributed by atoms with van der Waals surface area (Å²) in [7, 11) is 0. The maximum absolute atomic E-state index is 13.3. The van der Waals surface area contributed by atoms with Crippen molar-refractivity contribution in [3.05, 3.63) is 48.0 Å². The van der Waals surface area contributed by atoms with Crippen LogP contribution in [-0.2, 0) is 20.9 Å². The molecule has 1 aromatic carbocycles. The molecule has 0 spiro atoms. The standard InChI is InChI=1S/C13H12F2O3/c14-13(15)7-6-12(16)18-11(13)9-17-8-10-4-2-1-3-5-10/h1-7,11H,8-9H2. The number of benzene rings is 1. The Kier molecular flexibility index (Phi) is 3.72. The van der Waals surface area contributed by atoms with Gasteiger partial charge in [0.1, 0.15) is 0 Å². The smallest absolute Gasteiger partial charge is 0.331 e. The molecule has 96 valence electrons. The molecule has 1 heterocycles. The Morgan fingerprint density at radius 3 is 2.72 bits per heavy atom. The zero-order valence-corrected chi connectivity index (χ0v) is 9.51. The van der Waals surface area contributed by atoms with Crippen LogP contribution in [0.5, 0.6) is 0 Å². The third kappa shape index (κ3) is 3.13. The molecule has 5 heteroatoms. The molecule has 0 amide bonds. The van der Waals surface area contributed by atoms with Gasteiger partial charge in [-0.15, -0.1) is 0 Å². The molecule has 1 unspecified atom stereocenters. The van der Waals surface area contributed by atoms with E-state index in [9.17, 15) is 13.6 Å². The molecule has 1 aromatic rings. The van der Waals surface area contributed by atoms with Gasteiger partial charge in [-0.05, 0) is 11.6 Å². The molecule has 0 N–H and O–H groups in total. The van der Waals surface area contributed by atoms with Gasteiger partial charge in [0.05, 0.1) is 13.2 Å². The quantitative estimate of drug-likeness (QED) is 0.773. The lowest BCUT2D eigenvalue weighted by Gasteiger charge is -2.26. The zero-order valence-electron chi connectivity index (χ0n) is 9.51. The number of esters is 1. The first kappa shape index (κ1) is 12.7. The number of rotatable bonds is 4. The first-order valence-corrected chi connectivity index (χ1v) is 5.47. The Morgan fingerprint density at radius 1 is 1.28 bits per heavy atom. The van der Waals surface area contributed by atoms with Crippen LogP contribution in [0.4, 0.5) is 8.78 Å². The van der Waals surface area contributed by atoms with Crippen LogP contribution in [0.25, 0.3) is 0 Å². The number of carbonyl (C=O) groups is 1. The van der Waals surface area contributed by atoms with Gasteiger partial charge < -0.3 is 9.47 Å². The molecule has 0 bridgehead atoms. The molecule has 1 aliphatic heterocycles. The molecule has 3 nitrogen and oxygen atoms in total. The zero-order chi connectivity index (χ0) is 13.0. The van der Waals surface area contributed by atoms with Crippen molar-refractivity contribution in [2.75, 3.05) is 6.61 Å². The van der Waals surface area contributed by atoms with Gasteiger partial charge in [0.15, 0.2) is 6.10 Å². The van der Waals surface area contributed by atoms with Gasteiger partial charge in [-0.25, -0.2) is 4.79 Å². The first-order chi connectivity index (χ1) is 8.58. The lowest BCUT2D eigenvalue weighted by atomic mass is 10.1. The minimum absolute atomic E-state index is 0.203. The van der Waals surface area contributed by atoms with Crippen molar-refractivity contribution in [3.63, 3.8) is 0 Å². The van der Waals surface area contributed by atoms with Crippen LogP contribution < -0.4 is 0 Å². The molecule has 0 saturated carbocycles. The summed E-state index contributed by atoms with van der Waals surface area (Å²) in [5.74, 6) is -3.95. The maximum atomic E-state index is 13.3. The van der Waals surface area contributed by atoms with Gasteiger partial charge in [-0.3, -0.25) is 0 Å². The molecule has 0 saturated heterocycles. The predicted octanol–water partition coefficient (Wildman–Crippen LogP) is 2.32. The molecule has 2 rings (SSSR count). The topological polar surface area (TPSA) is 35.5 Å². The fourth-order valence-electron chi connectivity index (χ4n) is 1.55. The average Bonchev–Trinajstić information content (AvgIpc) is 2.35. The van der Waals surface area contributed by atoms with E-state index in [2.05, 4.69) is 4.74 Å². The summed E-state index contributed by atoms with van der Waals surface area (Å²) in [6, 6.07) is 9.16. The van der Waals surface area contributed by atoms with E-state index in [1.54, 1.807) is 0 Å². The lowest BCUT2D eigenvalue weighted by molar-refractivity contribution is -0.173. The van der Waals surface area contributed by atoms with E-state index in [1.807, 2.05) is 30.3 Å². The second-order valence-electron chi connectivity index (χ2n) is 3.93. The second-order valence-corrected chi connectivity index (χ2v) is 3.93. The van der Waals surface area contributed by atoms with Crippen LogP contribution in [0.1, 0.15) is 5.56 Å². The highest BCUT2D eigenvalue weighted by Gasteiger charge is 2.42. The third-order valence-corrected chi connectivity index (χ3v) is 2.51. The summed E-state index contributed by atoms with van der Waals surface area (Å²) in [5.41, 5.74) is 0.874. The van der Waals surface area contributed by atoms with Crippen molar-refractivity contribution < 1.29 is 23.0 Å². The highest BCUT2D eigenvalue weighted by Crippen LogP contribution is 2.27. The average molecular weight is 254 g/mol. The van der Waals surface area contributed by atoms with Crippen molar-refractivity contribution >= 4 is 5.97 Å². The van der Waals surface area contributed by atoms with Crippen molar-refractivity contribution in [2.45, 2.75) is 18.6 Å². The van der Waals surface area contributed by atoms with E-state index in [0.717, 1.165) is 11.6 Å². The molecular weight excluding hydrogens is 242 g/mol. The molecule has 0 radical (unpaired) electrons. The van der Waals surface area contributed by atoms with Crippen LogP contribution >= 0.6 is 0 Å². The fourth-order valence-corrected chi connectivity index (χ4v) is 1.55. The number of ether oxygens (including phenoxy) is 2. The molecule has 18 heavy (non-hydrogen) atoms. The van der Waals surface area contributed by atoms with Gasteiger partial charge in [-0.2, -0.15) is 8.78 Å². The van der Waals surface area contributed by atoms with Gasteiger partial charge in [0.2, 0.25) is 0 Å². The Morgan fingerprint density at radius 2 is 2.00 bits per heavy atom. The summed E-state index contributed by atoms with van der Waals surface area (Å²) >= 11 is 0. The summed E-state index contributed by atoms with van der Waals surface area (Å²) in [5, 5.41) is 0. The van der Waals surface area contributed by atoms with E-state index in [-0.39, 0.29) is 13.2 Å². The lowest BCUT2D eigenvalue weighted by Crippen LogP contribution is -2.42. The van der Waals surface area contributed by atoms with Crippen molar-refractivity contribution in [3.8, 4) is 0 Å². The van der Waals surface area contributed by atoms with Crippen LogP contribution in [0.2, 0.25) is 0 Å². The Bertz CT molecular complexity index is 443. The third-order valence-electron chi connectivity index (χ3n) is 2.51. The fraction of sp³-hybridized carbons (Fsp3) is 0.308. The SMILES string of the molecule is O=C1C=CC(F)(F)C(COCc2ccccc2)O1. The summed E-state index contributed by atoms with van der Waals surface area (Å²) in [6.45, 7) is -0.132. The Hall–Kier alpha value is -1.75. The summed E-state index contributed by atoms with van der Waals surface area (Å²) in [4.78, 5) is 10.9. The highest BCUT2D eigenvalue weighted by atomic mass is 19.3. The normalized spacial score (nSPS) is 21.7. The monoisotopic (exact) mass is 254 g/mol. The Balaban J connectivity index is 1.87. The van der Waals surface area contributed by atoms with Crippen LogP contribution in [0.15, 0.2) is 42.5 Å². The number of halogens is 2. The molecule has 0 aliphatic carbocycles. The van der Waals surface area contributed by atoms with Crippen molar-refractivity contribution in [1.29, 1.82) is 0 Å². The number of hydrogen-bond acceptors (Lipinski definition) is 3. The van der Waals surface area contributed by atoms with Gasteiger partial charge in [0, 0.05) is 6.08 Å². The molecular formula is C13H12F2O3. The van der Waals surface area contributed by atoms with Gasteiger partial charge in [0.25, 0.3) is 0 Å². The van der Waals surface area contributed by atoms with Crippen molar-refractivity contribution in [2.24, 2.45) is 0 Å². The highest BCUT2D eigenvalue weighted by molar-refractivity contribution is 5.83.